The smallest absolute Gasteiger partial charge is 0.410 e. The van der Waals surface area contributed by atoms with Crippen molar-refractivity contribution in [3.05, 3.63) is 35.9 Å². The lowest BCUT2D eigenvalue weighted by atomic mass is 9.81. The van der Waals surface area contributed by atoms with Crippen molar-refractivity contribution in [2.75, 3.05) is 13.1 Å². The number of benzene rings is 1. The normalized spacial score (nSPS) is 28.2. The minimum absolute atomic E-state index is 0.0702. The predicted molar refractivity (Wildman–Crippen MR) is 123 cm³/mol. The third-order valence-electron chi connectivity index (χ3n) is 6.19. The van der Waals surface area contributed by atoms with E-state index in [1.807, 2.05) is 52.5 Å². The summed E-state index contributed by atoms with van der Waals surface area (Å²) in [5.41, 5.74) is 0.629. The van der Waals surface area contributed by atoms with Gasteiger partial charge in [-0.05, 0) is 84.6 Å². The number of carbonyl (C=O) groups is 1. The second-order valence-corrected chi connectivity index (χ2v) is 13.2. The lowest BCUT2D eigenvalue weighted by Crippen LogP contribution is -2.54. The van der Waals surface area contributed by atoms with Gasteiger partial charge in [-0.3, -0.25) is 0 Å². The summed E-state index contributed by atoms with van der Waals surface area (Å²) in [7, 11) is 0. The molecule has 168 valence electrons. The number of ether oxygens (including phenoxy) is 1. The molecule has 1 aromatic carbocycles. The summed E-state index contributed by atoms with van der Waals surface area (Å²) >= 11 is -1.14. The molecule has 0 aromatic heterocycles. The molecule has 1 aromatic rings. The zero-order chi connectivity index (χ0) is 22.2. The first-order valence-corrected chi connectivity index (χ1v) is 12.2. The second kappa shape index (κ2) is 8.36. The van der Waals surface area contributed by atoms with Crippen LogP contribution in [0, 0.1) is 5.41 Å². The van der Waals surface area contributed by atoms with Gasteiger partial charge in [0.1, 0.15) is 10.3 Å². The number of carbonyl (C=O) groups excluding carboxylic acids is 1. The first-order valence-electron chi connectivity index (χ1n) is 11.0. The SMILES string of the molecule is CC(C)(C)OC(=O)N1CCC2(CCC(Cc3ccccc3)(N[S+]([O-])C(C)(C)C)C2)C1. The van der Waals surface area contributed by atoms with Gasteiger partial charge < -0.3 is 14.2 Å². The molecule has 1 saturated heterocycles. The highest BCUT2D eigenvalue weighted by molar-refractivity contribution is 7.90. The van der Waals surface area contributed by atoms with E-state index in [0.717, 1.165) is 45.2 Å². The maximum absolute atomic E-state index is 13.1. The number of hydrogen-bond donors (Lipinski definition) is 1. The fourth-order valence-electron chi connectivity index (χ4n) is 4.78. The van der Waals surface area contributed by atoms with Crippen molar-refractivity contribution in [2.45, 2.75) is 89.5 Å². The van der Waals surface area contributed by atoms with Gasteiger partial charge in [0.05, 0.1) is 5.54 Å². The van der Waals surface area contributed by atoms with Crippen molar-refractivity contribution in [1.29, 1.82) is 0 Å². The third kappa shape index (κ3) is 5.71. The molecular formula is C24H38N2O3S. The molecule has 5 nitrogen and oxygen atoms in total. The Morgan fingerprint density at radius 1 is 1.13 bits per heavy atom. The van der Waals surface area contributed by atoms with Crippen LogP contribution in [0.15, 0.2) is 30.3 Å². The molecule has 0 radical (unpaired) electrons. The Morgan fingerprint density at radius 2 is 1.80 bits per heavy atom. The van der Waals surface area contributed by atoms with E-state index in [0.29, 0.717) is 0 Å². The Balaban J connectivity index is 1.77. The van der Waals surface area contributed by atoms with Crippen molar-refractivity contribution in [1.82, 2.24) is 9.62 Å². The standard InChI is InChI=1S/C24H38N2O3S/c1-21(2,3)29-20(27)26-15-14-23(18-26)12-13-24(17-23,25-30(28)22(4,5)6)16-19-10-8-7-9-11-19/h7-11,25H,12-18H2,1-6H3. The van der Waals surface area contributed by atoms with Crippen LogP contribution in [-0.2, 0) is 22.5 Å². The van der Waals surface area contributed by atoms with E-state index in [1.54, 1.807) is 0 Å². The molecule has 1 amide bonds. The zero-order valence-corrected chi connectivity index (χ0v) is 20.2. The molecule has 2 aliphatic rings. The number of nitrogens with one attached hydrogen (secondary N) is 1. The third-order valence-corrected chi connectivity index (χ3v) is 7.92. The highest BCUT2D eigenvalue weighted by atomic mass is 32.2. The van der Waals surface area contributed by atoms with Crippen LogP contribution in [0.3, 0.4) is 0 Å². The average molecular weight is 435 g/mol. The Hall–Kier alpha value is -1.24. The van der Waals surface area contributed by atoms with Gasteiger partial charge in [0.15, 0.2) is 0 Å². The average Bonchev–Trinajstić information content (AvgIpc) is 3.18. The Labute approximate surface area is 185 Å². The summed E-state index contributed by atoms with van der Waals surface area (Å²) in [5.74, 6) is 0. The fourth-order valence-corrected chi connectivity index (χ4v) is 5.72. The Bertz CT molecular complexity index is 743. The van der Waals surface area contributed by atoms with E-state index in [1.165, 1.54) is 5.56 Å². The zero-order valence-electron chi connectivity index (χ0n) is 19.4. The van der Waals surface area contributed by atoms with Gasteiger partial charge >= 0.3 is 6.09 Å². The van der Waals surface area contributed by atoms with Crippen molar-refractivity contribution in [2.24, 2.45) is 5.41 Å². The van der Waals surface area contributed by atoms with E-state index < -0.39 is 17.0 Å². The summed E-state index contributed by atoms with van der Waals surface area (Å²) in [6.07, 6.45) is 4.54. The van der Waals surface area contributed by atoms with Crippen LogP contribution < -0.4 is 4.72 Å². The summed E-state index contributed by atoms with van der Waals surface area (Å²) in [4.78, 5) is 14.5. The summed E-state index contributed by atoms with van der Waals surface area (Å²) in [5, 5.41) is 0. The summed E-state index contributed by atoms with van der Waals surface area (Å²) in [6.45, 7) is 13.2. The molecule has 3 unspecified atom stereocenters. The van der Waals surface area contributed by atoms with E-state index in [9.17, 15) is 9.35 Å². The number of rotatable bonds is 4. The lowest BCUT2D eigenvalue weighted by Gasteiger charge is -2.36. The van der Waals surface area contributed by atoms with E-state index >= 15 is 0 Å². The van der Waals surface area contributed by atoms with Gasteiger partial charge in [0.25, 0.3) is 0 Å². The number of likely N-dealkylation sites (tertiary alicyclic amines) is 1. The molecule has 0 bridgehead atoms. The molecule has 1 heterocycles. The van der Waals surface area contributed by atoms with Crippen LogP contribution >= 0.6 is 0 Å². The van der Waals surface area contributed by atoms with Crippen LogP contribution in [0.25, 0.3) is 0 Å². The topological polar surface area (TPSA) is 64.6 Å². The summed E-state index contributed by atoms with van der Waals surface area (Å²) < 4.78 is 21.9. The van der Waals surface area contributed by atoms with Crippen molar-refractivity contribution in [3.63, 3.8) is 0 Å². The van der Waals surface area contributed by atoms with Crippen molar-refractivity contribution in [3.8, 4) is 0 Å². The van der Waals surface area contributed by atoms with E-state index in [4.69, 9.17) is 4.74 Å². The maximum Gasteiger partial charge on any atom is 0.410 e. The molecule has 1 N–H and O–H groups in total. The monoisotopic (exact) mass is 434 g/mol. The van der Waals surface area contributed by atoms with Gasteiger partial charge in [0, 0.05) is 24.5 Å². The van der Waals surface area contributed by atoms with Crippen LogP contribution in [0.4, 0.5) is 4.79 Å². The highest BCUT2D eigenvalue weighted by Gasteiger charge is 2.54. The number of hydrogen-bond acceptors (Lipinski definition) is 4. The van der Waals surface area contributed by atoms with E-state index in [2.05, 4.69) is 29.0 Å². The molecule has 1 spiro atoms. The van der Waals surface area contributed by atoms with Crippen LogP contribution in [-0.4, -0.2) is 44.5 Å². The molecule has 3 rings (SSSR count). The molecule has 1 aliphatic carbocycles. The minimum Gasteiger partial charge on any atom is -0.598 e. The van der Waals surface area contributed by atoms with Crippen molar-refractivity contribution < 1.29 is 14.1 Å². The van der Waals surface area contributed by atoms with Crippen LogP contribution in [0.5, 0.6) is 0 Å². The number of nitrogens with zero attached hydrogens (tertiary/aromatic N) is 1. The molecule has 2 fully saturated rings. The molecule has 1 aliphatic heterocycles. The Morgan fingerprint density at radius 3 is 2.40 bits per heavy atom. The molecule has 1 saturated carbocycles. The van der Waals surface area contributed by atoms with Crippen molar-refractivity contribution >= 4 is 17.5 Å². The minimum atomic E-state index is -1.14. The maximum atomic E-state index is 13.1. The number of amides is 1. The van der Waals surface area contributed by atoms with Crippen LogP contribution in [0.1, 0.15) is 72.8 Å². The molecule has 6 heteroatoms. The first-order chi connectivity index (χ1) is 13.8. The van der Waals surface area contributed by atoms with Gasteiger partial charge in [-0.1, -0.05) is 30.3 Å². The largest absolute Gasteiger partial charge is 0.598 e. The second-order valence-electron chi connectivity index (χ2n) is 11.3. The predicted octanol–water partition coefficient (Wildman–Crippen LogP) is 4.83. The van der Waals surface area contributed by atoms with Gasteiger partial charge in [-0.15, -0.1) is 4.72 Å². The van der Waals surface area contributed by atoms with Crippen LogP contribution in [0.2, 0.25) is 0 Å². The quantitative estimate of drug-likeness (QED) is 0.689. The van der Waals surface area contributed by atoms with Gasteiger partial charge in [-0.25, -0.2) is 4.79 Å². The first kappa shape index (κ1) is 23.4. The fraction of sp³-hybridized carbons (Fsp3) is 0.708. The molecular weight excluding hydrogens is 396 g/mol. The molecule has 30 heavy (non-hydrogen) atoms. The Kier molecular flexibility index (Phi) is 6.53. The molecule has 3 atom stereocenters. The van der Waals surface area contributed by atoms with Gasteiger partial charge in [0.2, 0.25) is 0 Å². The van der Waals surface area contributed by atoms with Gasteiger partial charge in [-0.2, -0.15) is 0 Å². The highest BCUT2D eigenvalue weighted by Crippen LogP contribution is 2.51. The van der Waals surface area contributed by atoms with E-state index in [-0.39, 0.29) is 21.8 Å². The summed E-state index contributed by atoms with van der Waals surface area (Å²) in [6, 6.07) is 10.5. The lowest BCUT2D eigenvalue weighted by molar-refractivity contribution is 0.0272.